The van der Waals surface area contributed by atoms with E-state index in [0.717, 1.165) is 60.1 Å². The number of aromatic nitrogens is 5. The second-order valence-electron chi connectivity index (χ2n) is 22.0. The molecule has 2 aromatic carbocycles. The minimum Gasteiger partial charge on any atom is -0.423 e. The second-order valence-corrected chi connectivity index (χ2v) is 22.0. The van der Waals surface area contributed by atoms with Gasteiger partial charge in [0.1, 0.15) is 12.4 Å². The summed E-state index contributed by atoms with van der Waals surface area (Å²) in [6.45, 7) is 9.88. The smallest absolute Gasteiger partial charge is 0.242 e. The van der Waals surface area contributed by atoms with Crippen molar-refractivity contribution in [2.45, 2.75) is 114 Å². The molecule has 8 saturated carbocycles. The normalized spacial score (nSPS) is 35.5. The van der Waals surface area contributed by atoms with Crippen LogP contribution in [0.15, 0.2) is 89.5 Å². The van der Waals surface area contributed by atoms with Crippen molar-refractivity contribution in [2.75, 3.05) is 26.2 Å². The van der Waals surface area contributed by atoms with Crippen LogP contribution < -0.4 is 0 Å². The standard InChI is InChI=1S/C28H32N4O.C26H33N3O3/c1-18-19-11-23-13-20(18)14-24(12-19)28(23,22-7-3-2-4-8-22)15-26(33)31-16-21(17-31)27-30-29-25-9-5-6-10-32(25)27;1-16-18-8-21-10-19(16)11-22(9-18)26(21,20-6-4-3-5-7-20)12-25(30)29-13-23(14-29)31-15-24-28-27-17(2)32-24/h2-10,18-21,23-24H,11-17H2,1H3;3-7,16,18-19,21-23H,8-15H2,1-2H3. The van der Waals surface area contributed by atoms with Gasteiger partial charge < -0.3 is 19.0 Å². The zero-order valence-corrected chi connectivity index (χ0v) is 38.4. The van der Waals surface area contributed by atoms with Gasteiger partial charge in [-0.1, -0.05) is 80.6 Å². The highest BCUT2D eigenvalue weighted by Gasteiger charge is 2.62. The third-order valence-corrected chi connectivity index (χ3v) is 19.2. The van der Waals surface area contributed by atoms with Crippen LogP contribution in [0.2, 0.25) is 0 Å². The maximum atomic E-state index is 13.7. The minimum atomic E-state index is 0.0126. The molecule has 8 bridgehead atoms. The van der Waals surface area contributed by atoms with Crippen molar-refractivity contribution < 1.29 is 18.7 Å². The number of rotatable bonds is 10. The maximum Gasteiger partial charge on any atom is 0.242 e. The van der Waals surface area contributed by atoms with Gasteiger partial charge in [0.05, 0.1) is 12.0 Å². The molecule has 15 rings (SSSR count). The molecule has 10 fully saturated rings. The number of ether oxygens (including phenoxy) is 1. The molecule has 0 spiro atoms. The Hall–Kier alpha value is -4.90. The van der Waals surface area contributed by atoms with Crippen LogP contribution in [0.25, 0.3) is 5.65 Å². The Morgan fingerprint density at radius 2 is 1.09 bits per heavy atom. The number of hydrogen-bond donors (Lipinski definition) is 0. The first-order valence-corrected chi connectivity index (χ1v) is 25.0. The van der Waals surface area contributed by atoms with E-state index in [4.69, 9.17) is 9.15 Å². The summed E-state index contributed by atoms with van der Waals surface area (Å²) in [4.78, 5) is 31.3. The largest absolute Gasteiger partial charge is 0.423 e. The summed E-state index contributed by atoms with van der Waals surface area (Å²) in [5.74, 6) is 10.7. The molecule has 2 saturated heterocycles. The lowest BCUT2D eigenvalue weighted by Crippen LogP contribution is -2.61. The Morgan fingerprint density at radius 1 is 0.615 bits per heavy atom. The van der Waals surface area contributed by atoms with Gasteiger partial charge in [-0.3, -0.25) is 14.0 Å². The molecule has 0 radical (unpaired) electrons. The van der Waals surface area contributed by atoms with Crippen LogP contribution in [-0.4, -0.2) is 78.7 Å². The number of fused-ring (bicyclic) bond motifs is 1. The van der Waals surface area contributed by atoms with E-state index in [0.29, 0.717) is 79.8 Å². The molecule has 8 aliphatic carbocycles. The number of pyridine rings is 1. The molecule has 10 aliphatic rings. The molecule has 11 heteroatoms. The Morgan fingerprint density at radius 3 is 1.57 bits per heavy atom. The first kappa shape index (κ1) is 41.5. The average molecular weight is 876 g/mol. The van der Waals surface area contributed by atoms with E-state index in [1.165, 1.54) is 62.5 Å². The van der Waals surface area contributed by atoms with Crippen LogP contribution in [0, 0.1) is 66.1 Å². The summed E-state index contributed by atoms with van der Waals surface area (Å²) in [7, 11) is 0. The Kier molecular flexibility index (Phi) is 10.3. The van der Waals surface area contributed by atoms with Crippen LogP contribution in [0.1, 0.15) is 113 Å². The molecule has 0 unspecified atom stereocenters. The van der Waals surface area contributed by atoms with Crippen LogP contribution >= 0.6 is 0 Å². The van der Waals surface area contributed by atoms with Gasteiger partial charge >= 0.3 is 0 Å². The van der Waals surface area contributed by atoms with E-state index in [2.05, 4.69) is 104 Å². The topological polar surface area (TPSA) is 119 Å². The van der Waals surface area contributed by atoms with Gasteiger partial charge in [0.15, 0.2) is 5.65 Å². The molecule has 5 aromatic rings. The van der Waals surface area contributed by atoms with Crippen LogP contribution in [-0.2, 0) is 31.8 Å². The lowest BCUT2D eigenvalue weighted by molar-refractivity contribution is -0.155. The highest BCUT2D eigenvalue weighted by atomic mass is 16.5. The van der Waals surface area contributed by atoms with Crippen molar-refractivity contribution in [1.82, 2.24) is 34.6 Å². The quantitative estimate of drug-likeness (QED) is 0.137. The van der Waals surface area contributed by atoms with E-state index >= 15 is 0 Å². The van der Waals surface area contributed by atoms with Gasteiger partial charge in [0, 0.05) is 63.0 Å². The van der Waals surface area contributed by atoms with Crippen molar-refractivity contribution >= 4 is 17.5 Å². The molecule has 340 valence electrons. The summed E-state index contributed by atoms with van der Waals surface area (Å²) in [6.07, 6.45) is 13.8. The number of likely N-dealkylation sites (tertiary alicyclic amines) is 2. The molecule has 0 atom stereocenters. The van der Waals surface area contributed by atoms with E-state index < -0.39 is 0 Å². The fraction of sp³-hybridized carbons (Fsp3) is 0.593. The predicted octanol–water partition coefficient (Wildman–Crippen LogP) is 8.82. The summed E-state index contributed by atoms with van der Waals surface area (Å²) in [6, 6.07) is 28.0. The van der Waals surface area contributed by atoms with Crippen LogP contribution in [0.4, 0.5) is 0 Å². The molecule has 5 heterocycles. The molecule has 3 aromatic heterocycles. The first-order chi connectivity index (χ1) is 31.7. The highest BCUT2D eigenvalue weighted by molar-refractivity contribution is 5.80. The van der Waals surface area contributed by atoms with Gasteiger partial charge in [0.25, 0.3) is 0 Å². The summed E-state index contributed by atoms with van der Waals surface area (Å²) >= 11 is 0. The third kappa shape index (κ3) is 6.90. The Balaban J connectivity index is 0.000000137. The van der Waals surface area contributed by atoms with E-state index in [1.807, 2.05) is 29.3 Å². The number of nitrogens with zero attached hydrogens (tertiary/aromatic N) is 7. The van der Waals surface area contributed by atoms with Gasteiger partial charge in [-0.2, -0.15) is 0 Å². The molecule has 2 aliphatic heterocycles. The lowest BCUT2D eigenvalue weighted by atomic mass is 9.41. The van der Waals surface area contributed by atoms with E-state index in [1.54, 1.807) is 6.92 Å². The fourth-order valence-electron chi connectivity index (χ4n) is 15.8. The Labute approximate surface area is 383 Å². The zero-order chi connectivity index (χ0) is 44.0. The summed E-state index contributed by atoms with van der Waals surface area (Å²) in [5.41, 5.74) is 3.73. The number of carbonyl (C=O) groups excluding carboxylic acids is 2. The predicted molar refractivity (Wildman–Crippen MR) is 245 cm³/mol. The number of hydrogen-bond acceptors (Lipinski definition) is 8. The first-order valence-electron chi connectivity index (χ1n) is 25.0. The fourth-order valence-corrected chi connectivity index (χ4v) is 15.8. The van der Waals surface area contributed by atoms with Gasteiger partial charge in [-0.15, -0.1) is 20.4 Å². The number of aryl methyl sites for hydroxylation is 1. The van der Waals surface area contributed by atoms with Crippen molar-refractivity contribution in [3.63, 3.8) is 0 Å². The van der Waals surface area contributed by atoms with Gasteiger partial charge in [0.2, 0.25) is 23.6 Å². The van der Waals surface area contributed by atoms with E-state index in [-0.39, 0.29) is 22.9 Å². The average Bonchev–Trinajstić information content (AvgIpc) is 3.90. The van der Waals surface area contributed by atoms with Gasteiger partial charge in [-0.25, -0.2) is 0 Å². The Bertz CT molecular complexity index is 2460. The third-order valence-electron chi connectivity index (χ3n) is 19.2. The van der Waals surface area contributed by atoms with Crippen LogP contribution in [0.3, 0.4) is 0 Å². The molecular formula is C54H65N7O4. The maximum absolute atomic E-state index is 13.7. The van der Waals surface area contributed by atoms with Crippen molar-refractivity contribution in [2.24, 2.45) is 59.2 Å². The summed E-state index contributed by atoms with van der Waals surface area (Å²) < 4.78 is 13.3. The number of benzene rings is 2. The second kappa shape index (κ2) is 16.2. The molecule has 65 heavy (non-hydrogen) atoms. The van der Waals surface area contributed by atoms with Crippen molar-refractivity contribution in [1.29, 1.82) is 0 Å². The van der Waals surface area contributed by atoms with E-state index in [9.17, 15) is 9.59 Å². The molecule has 2 amide bonds. The monoisotopic (exact) mass is 876 g/mol. The van der Waals surface area contributed by atoms with Crippen molar-refractivity contribution in [3.8, 4) is 0 Å². The summed E-state index contributed by atoms with van der Waals surface area (Å²) in [5, 5.41) is 16.5. The zero-order valence-electron chi connectivity index (χ0n) is 38.4. The SMILES string of the molecule is CC1C2CC3CC1CC(C2)C3(CC(=O)N1CC(c2nnc3ccccn23)C1)c1ccccc1.Cc1nnc(COC2CN(C(=O)CC3(c4ccccc4)C4CC5CC3CC(C4)C5C)C2)o1. The van der Waals surface area contributed by atoms with Crippen LogP contribution in [0.5, 0.6) is 0 Å². The van der Waals surface area contributed by atoms with Gasteiger partial charge in [-0.05, 0) is 134 Å². The number of amides is 2. The molecular weight excluding hydrogens is 811 g/mol. The minimum absolute atomic E-state index is 0.0126. The van der Waals surface area contributed by atoms with Crippen molar-refractivity contribution in [3.05, 3.63) is 114 Å². The highest BCUT2D eigenvalue weighted by Crippen LogP contribution is 2.67. The molecule has 11 nitrogen and oxygen atoms in total. The molecule has 0 N–H and O–H groups in total. The lowest BCUT2D eigenvalue weighted by Gasteiger charge is -2.64. The number of carbonyl (C=O) groups is 2.